The standard InChI is InChI=1S/C39H46F3N5O4S/c1-24-8-6-9-25(2)32(24)30-19-31-44-34(43-30)45-52-29-11-7-10-26(18-29)33(48)47(28(23-50-31)22-38(12-13-38)39(40,41)42)27-20-37(21-27)14-16-46(17-15-37)35(49)51-36(3,4)5/h6-11,18-19,27-28H,12-17,20-23H2,1-5H3,(H,43,44,45)/t28-/m1/s1. The molecule has 4 aliphatic rings. The van der Waals surface area contributed by atoms with Crippen molar-refractivity contribution in [2.75, 3.05) is 24.4 Å². The van der Waals surface area contributed by atoms with Crippen molar-refractivity contribution in [2.45, 2.75) is 108 Å². The number of aromatic nitrogens is 2. The van der Waals surface area contributed by atoms with Gasteiger partial charge in [-0.15, -0.1) is 0 Å². The number of carbonyl (C=O) groups excluding carboxylic acids is 2. The van der Waals surface area contributed by atoms with Gasteiger partial charge in [0, 0.05) is 41.2 Å². The first kappa shape index (κ1) is 36.4. The first-order valence-corrected chi connectivity index (χ1v) is 18.8. The van der Waals surface area contributed by atoms with Crippen molar-refractivity contribution < 1.29 is 32.2 Å². The Bertz CT molecular complexity index is 1820. The number of likely N-dealkylation sites (tertiary alicyclic amines) is 1. The van der Waals surface area contributed by atoms with E-state index in [0.29, 0.717) is 37.2 Å². The Morgan fingerprint density at radius 2 is 1.67 bits per heavy atom. The van der Waals surface area contributed by atoms with E-state index in [1.807, 2.05) is 58.9 Å². The lowest BCUT2D eigenvalue weighted by Crippen LogP contribution is -2.60. The summed E-state index contributed by atoms with van der Waals surface area (Å²) < 4.78 is 59.0. The summed E-state index contributed by atoms with van der Waals surface area (Å²) in [6, 6.07) is 13.7. The number of amides is 2. The summed E-state index contributed by atoms with van der Waals surface area (Å²) in [5.74, 6) is 0.195. The van der Waals surface area contributed by atoms with E-state index in [-0.39, 0.29) is 61.2 Å². The second-order valence-electron chi connectivity index (χ2n) is 16.1. The highest BCUT2D eigenvalue weighted by Crippen LogP contribution is 2.61. The van der Waals surface area contributed by atoms with Gasteiger partial charge in [-0.05, 0) is 126 Å². The number of hydrogen-bond donors (Lipinski definition) is 1. The fourth-order valence-corrected chi connectivity index (χ4v) is 8.76. The summed E-state index contributed by atoms with van der Waals surface area (Å²) in [4.78, 5) is 41.0. The molecule has 1 saturated heterocycles. The number of carbonyl (C=O) groups is 2. The molecule has 13 heteroatoms. The molecule has 1 aromatic heterocycles. The quantitative estimate of drug-likeness (QED) is 0.265. The molecule has 278 valence electrons. The first-order valence-electron chi connectivity index (χ1n) is 18.0. The van der Waals surface area contributed by atoms with Crippen molar-refractivity contribution >= 4 is 29.9 Å². The van der Waals surface area contributed by atoms with Gasteiger partial charge in [0.15, 0.2) is 0 Å². The molecule has 2 aromatic carbocycles. The lowest BCUT2D eigenvalue weighted by molar-refractivity contribution is -0.194. The van der Waals surface area contributed by atoms with E-state index in [2.05, 4.69) is 9.71 Å². The zero-order valence-electron chi connectivity index (χ0n) is 30.3. The largest absolute Gasteiger partial charge is 0.475 e. The fraction of sp³-hybridized carbons (Fsp3) is 0.538. The number of rotatable bonds is 4. The maximum Gasteiger partial charge on any atom is 0.410 e. The molecule has 2 amide bonds. The molecule has 2 saturated carbocycles. The minimum Gasteiger partial charge on any atom is -0.475 e. The molecule has 1 N–H and O–H groups in total. The van der Waals surface area contributed by atoms with Crippen LogP contribution in [0.1, 0.15) is 87.2 Å². The van der Waals surface area contributed by atoms with Gasteiger partial charge in [-0.3, -0.25) is 9.52 Å². The van der Waals surface area contributed by atoms with Crippen LogP contribution in [0.3, 0.4) is 0 Å². The molecule has 9 nitrogen and oxygen atoms in total. The number of piperidine rings is 1. The highest BCUT2D eigenvalue weighted by Gasteiger charge is 2.64. The van der Waals surface area contributed by atoms with Gasteiger partial charge in [-0.25, -0.2) is 9.78 Å². The number of nitrogens with zero attached hydrogens (tertiary/aromatic N) is 4. The summed E-state index contributed by atoms with van der Waals surface area (Å²) >= 11 is 1.25. The fourth-order valence-electron chi connectivity index (χ4n) is 8.13. The maximum atomic E-state index is 14.6. The van der Waals surface area contributed by atoms with Crippen molar-refractivity contribution in [3.63, 3.8) is 0 Å². The van der Waals surface area contributed by atoms with Gasteiger partial charge in [-0.1, -0.05) is 24.3 Å². The number of aryl methyl sites for hydroxylation is 2. The van der Waals surface area contributed by atoms with Crippen LogP contribution in [0.5, 0.6) is 5.88 Å². The van der Waals surface area contributed by atoms with Crippen LogP contribution in [0, 0.1) is 24.7 Å². The van der Waals surface area contributed by atoms with Gasteiger partial charge in [-0.2, -0.15) is 18.2 Å². The maximum absolute atomic E-state index is 14.6. The average Bonchev–Trinajstić information content (AvgIpc) is 3.86. The highest BCUT2D eigenvalue weighted by molar-refractivity contribution is 8.00. The van der Waals surface area contributed by atoms with Gasteiger partial charge in [0.25, 0.3) is 5.91 Å². The third-order valence-electron chi connectivity index (χ3n) is 11.1. The Hall–Kier alpha value is -4.00. The molecule has 0 radical (unpaired) electrons. The van der Waals surface area contributed by atoms with Gasteiger partial charge in [0.2, 0.25) is 11.8 Å². The molecule has 2 aliphatic carbocycles. The second kappa shape index (κ2) is 13.4. The number of benzene rings is 2. The molecule has 1 atom stereocenters. The zero-order chi connectivity index (χ0) is 37.1. The van der Waals surface area contributed by atoms with Gasteiger partial charge in [0.05, 0.1) is 17.2 Å². The molecule has 0 unspecified atom stereocenters. The second-order valence-corrected chi connectivity index (χ2v) is 17.0. The number of anilines is 1. The first-order chi connectivity index (χ1) is 24.5. The molecular weight excluding hydrogens is 692 g/mol. The predicted molar refractivity (Wildman–Crippen MR) is 193 cm³/mol. The van der Waals surface area contributed by atoms with Gasteiger partial charge >= 0.3 is 12.3 Å². The van der Waals surface area contributed by atoms with Crippen molar-refractivity contribution in [1.82, 2.24) is 19.8 Å². The Morgan fingerprint density at radius 1 is 1.00 bits per heavy atom. The Labute approximate surface area is 307 Å². The SMILES string of the molecule is Cc1cccc(C)c1-c1cc2nc(n1)NSc1cccc(c1)C(=O)N(C1CC3(CCN(C(=O)OC(C)(C)C)CC3)C1)[C@H](CC1(C(F)(F)F)CC1)CO2. The van der Waals surface area contributed by atoms with Crippen LogP contribution in [0.2, 0.25) is 0 Å². The third kappa shape index (κ3) is 7.43. The van der Waals surface area contributed by atoms with E-state index < -0.39 is 23.2 Å². The van der Waals surface area contributed by atoms with Gasteiger partial charge < -0.3 is 19.3 Å². The smallest absolute Gasteiger partial charge is 0.410 e. The van der Waals surface area contributed by atoms with Gasteiger partial charge in [0.1, 0.15) is 12.2 Å². The van der Waals surface area contributed by atoms with Crippen LogP contribution < -0.4 is 9.46 Å². The van der Waals surface area contributed by atoms with E-state index in [1.54, 1.807) is 34.1 Å². The molecule has 3 fully saturated rings. The van der Waals surface area contributed by atoms with Crippen LogP contribution in [0.25, 0.3) is 11.3 Å². The number of hydrogen-bond acceptors (Lipinski definition) is 8. The number of ether oxygens (including phenoxy) is 2. The van der Waals surface area contributed by atoms with Crippen molar-refractivity contribution in [2.24, 2.45) is 10.8 Å². The number of halogens is 3. The molecule has 3 heterocycles. The lowest BCUT2D eigenvalue weighted by Gasteiger charge is -2.56. The molecule has 4 bridgehead atoms. The van der Waals surface area contributed by atoms with E-state index in [9.17, 15) is 22.8 Å². The Morgan fingerprint density at radius 3 is 2.31 bits per heavy atom. The van der Waals surface area contributed by atoms with Crippen LogP contribution in [0.4, 0.5) is 23.9 Å². The lowest BCUT2D eigenvalue weighted by atomic mass is 9.59. The van der Waals surface area contributed by atoms with E-state index in [1.165, 1.54) is 11.9 Å². The van der Waals surface area contributed by atoms with E-state index in [4.69, 9.17) is 14.5 Å². The Balaban J connectivity index is 1.22. The summed E-state index contributed by atoms with van der Waals surface area (Å²) in [5.41, 5.74) is 1.41. The van der Waals surface area contributed by atoms with Crippen molar-refractivity contribution in [3.05, 3.63) is 65.2 Å². The summed E-state index contributed by atoms with van der Waals surface area (Å²) in [5, 5.41) is 0. The molecule has 3 aromatic rings. The molecule has 7 rings (SSSR count). The zero-order valence-corrected chi connectivity index (χ0v) is 31.1. The monoisotopic (exact) mass is 737 g/mol. The van der Waals surface area contributed by atoms with Crippen LogP contribution >= 0.6 is 11.9 Å². The summed E-state index contributed by atoms with van der Waals surface area (Å²) in [7, 11) is 0. The number of nitrogens with one attached hydrogen (secondary N) is 1. The minimum absolute atomic E-state index is 0.0224. The average molecular weight is 738 g/mol. The minimum atomic E-state index is -4.41. The van der Waals surface area contributed by atoms with Crippen molar-refractivity contribution in [1.29, 1.82) is 0 Å². The third-order valence-corrected chi connectivity index (χ3v) is 11.9. The number of alkyl halides is 3. The predicted octanol–water partition coefficient (Wildman–Crippen LogP) is 9.00. The van der Waals surface area contributed by atoms with Crippen molar-refractivity contribution in [3.8, 4) is 17.1 Å². The highest BCUT2D eigenvalue weighted by atomic mass is 32.2. The van der Waals surface area contributed by atoms with E-state index >= 15 is 0 Å². The number of fused-ring (bicyclic) bond motifs is 4. The van der Waals surface area contributed by atoms with E-state index in [0.717, 1.165) is 34.4 Å². The topological polar surface area (TPSA) is 96.9 Å². The molecule has 52 heavy (non-hydrogen) atoms. The van der Waals surface area contributed by atoms with Crippen LogP contribution in [0.15, 0.2) is 53.4 Å². The Kier molecular flexibility index (Phi) is 9.40. The molecular formula is C39H46F3N5O4S. The molecule has 2 aliphatic heterocycles. The van der Waals surface area contributed by atoms with Crippen LogP contribution in [-0.2, 0) is 4.74 Å². The normalized spacial score (nSPS) is 21.5. The molecule has 1 spiro atoms. The summed E-state index contributed by atoms with van der Waals surface area (Å²) in [6.45, 7) is 10.4. The van der Waals surface area contributed by atoms with Crippen LogP contribution in [-0.4, -0.2) is 75.3 Å². The summed E-state index contributed by atoms with van der Waals surface area (Å²) in [6.07, 6.45) is -2.21.